The van der Waals surface area contributed by atoms with Gasteiger partial charge in [-0.2, -0.15) is 0 Å². The predicted octanol–water partition coefficient (Wildman–Crippen LogP) is 5.44. The van der Waals surface area contributed by atoms with Crippen LogP contribution in [0.15, 0.2) is 46.8 Å². The third kappa shape index (κ3) is 5.81. The quantitative estimate of drug-likeness (QED) is 0.334. The van der Waals surface area contributed by atoms with Crippen molar-refractivity contribution in [3.63, 3.8) is 0 Å². The lowest BCUT2D eigenvalue weighted by Crippen LogP contribution is -2.29. The van der Waals surface area contributed by atoms with Crippen molar-refractivity contribution >= 4 is 50.8 Å². The zero-order valence-corrected chi connectivity index (χ0v) is 19.8. The van der Waals surface area contributed by atoms with Crippen molar-refractivity contribution in [2.45, 2.75) is 36.9 Å². The molecule has 2 heterocycles. The Labute approximate surface area is 196 Å². The number of thioether (sulfide) groups is 1. The summed E-state index contributed by atoms with van der Waals surface area (Å²) in [6.07, 6.45) is 4.30. The maximum atomic E-state index is 12.6. The largest absolute Gasteiger partial charge is 0.494 e. The Morgan fingerprint density at radius 1 is 1.16 bits per heavy atom. The summed E-state index contributed by atoms with van der Waals surface area (Å²) in [6.45, 7) is 4.55. The van der Waals surface area contributed by atoms with Crippen LogP contribution in [0.3, 0.4) is 0 Å². The van der Waals surface area contributed by atoms with E-state index in [1.807, 2.05) is 35.2 Å². The number of benzene rings is 2. The number of carbonyl (C=O) groups is 2. The van der Waals surface area contributed by atoms with E-state index in [1.54, 1.807) is 23.5 Å². The Bertz CT molecular complexity index is 1080. The third-order valence-corrected chi connectivity index (χ3v) is 7.43. The first-order valence-corrected chi connectivity index (χ1v) is 12.8. The van der Waals surface area contributed by atoms with Crippen molar-refractivity contribution in [3.05, 3.63) is 48.0 Å². The second-order valence-corrected chi connectivity index (χ2v) is 9.97. The minimum absolute atomic E-state index is 0.167. The Kier molecular flexibility index (Phi) is 7.65. The van der Waals surface area contributed by atoms with Gasteiger partial charge in [0.2, 0.25) is 5.91 Å². The molecule has 3 aromatic rings. The van der Waals surface area contributed by atoms with Crippen LogP contribution in [0.5, 0.6) is 5.75 Å². The number of likely N-dealkylation sites (tertiary alicyclic amines) is 1. The minimum atomic E-state index is -0.167. The molecule has 2 aromatic carbocycles. The first kappa shape index (κ1) is 22.6. The normalized spacial score (nSPS) is 13.5. The predicted molar refractivity (Wildman–Crippen MR) is 131 cm³/mol. The van der Waals surface area contributed by atoms with E-state index in [2.05, 4.69) is 17.2 Å². The van der Waals surface area contributed by atoms with Crippen LogP contribution in [-0.4, -0.2) is 47.1 Å². The lowest BCUT2D eigenvalue weighted by molar-refractivity contribution is -0.127. The number of hydrogen-bond donors (Lipinski definition) is 1. The number of nitrogens with zero attached hydrogens (tertiary/aromatic N) is 2. The van der Waals surface area contributed by atoms with Gasteiger partial charge in [0.15, 0.2) is 4.34 Å². The summed E-state index contributed by atoms with van der Waals surface area (Å²) in [4.78, 5) is 31.4. The highest BCUT2D eigenvalue weighted by Gasteiger charge is 2.18. The van der Waals surface area contributed by atoms with Gasteiger partial charge < -0.3 is 15.0 Å². The zero-order valence-electron chi connectivity index (χ0n) is 18.1. The number of hydrogen-bond acceptors (Lipinski definition) is 6. The minimum Gasteiger partial charge on any atom is -0.494 e. The lowest BCUT2D eigenvalue weighted by Gasteiger charge is -2.13. The van der Waals surface area contributed by atoms with E-state index >= 15 is 0 Å². The fraction of sp³-hybridized carbons (Fsp3) is 0.375. The SMILES string of the molecule is CCCCOc1ccc(C(=O)Nc2ccc3nc(SCC(=O)N4CCCC4)sc3c2)cc1. The molecular formula is C24H27N3O3S2. The van der Waals surface area contributed by atoms with Crippen molar-refractivity contribution in [3.8, 4) is 5.75 Å². The van der Waals surface area contributed by atoms with Gasteiger partial charge in [-0.25, -0.2) is 4.98 Å². The van der Waals surface area contributed by atoms with Crippen molar-refractivity contribution < 1.29 is 14.3 Å². The molecule has 1 N–H and O–H groups in total. The molecule has 168 valence electrons. The number of nitrogens with one attached hydrogen (secondary N) is 1. The molecule has 0 spiro atoms. The fourth-order valence-electron chi connectivity index (χ4n) is 3.46. The highest BCUT2D eigenvalue weighted by molar-refractivity contribution is 8.01. The molecule has 0 aliphatic carbocycles. The number of thiazole rings is 1. The number of aromatic nitrogens is 1. The van der Waals surface area contributed by atoms with Gasteiger partial charge in [0, 0.05) is 24.3 Å². The lowest BCUT2D eigenvalue weighted by atomic mass is 10.2. The summed E-state index contributed by atoms with van der Waals surface area (Å²) >= 11 is 3.03. The van der Waals surface area contributed by atoms with Crippen LogP contribution in [0.1, 0.15) is 43.0 Å². The maximum absolute atomic E-state index is 12.6. The van der Waals surface area contributed by atoms with Crippen LogP contribution in [0.25, 0.3) is 10.2 Å². The highest BCUT2D eigenvalue weighted by Crippen LogP contribution is 2.31. The number of carbonyl (C=O) groups excluding carboxylic acids is 2. The van der Waals surface area contributed by atoms with E-state index in [4.69, 9.17) is 4.74 Å². The molecular weight excluding hydrogens is 442 g/mol. The topological polar surface area (TPSA) is 71.5 Å². The molecule has 6 nitrogen and oxygen atoms in total. The van der Waals surface area contributed by atoms with Crippen LogP contribution in [0.4, 0.5) is 5.69 Å². The van der Waals surface area contributed by atoms with Crippen molar-refractivity contribution in [1.29, 1.82) is 0 Å². The molecule has 0 atom stereocenters. The van der Waals surface area contributed by atoms with Crippen LogP contribution in [-0.2, 0) is 4.79 Å². The van der Waals surface area contributed by atoms with Crippen molar-refractivity contribution in [1.82, 2.24) is 9.88 Å². The van der Waals surface area contributed by atoms with E-state index in [0.29, 0.717) is 17.9 Å². The molecule has 1 aliphatic rings. The van der Waals surface area contributed by atoms with Crippen molar-refractivity contribution in [2.75, 3.05) is 30.8 Å². The molecule has 0 radical (unpaired) electrons. The van der Waals surface area contributed by atoms with Gasteiger partial charge >= 0.3 is 0 Å². The Morgan fingerprint density at radius 2 is 1.94 bits per heavy atom. The number of fused-ring (bicyclic) bond motifs is 1. The number of anilines is 1. The molecule has 1 aromatic heterocycles. The molecule has 0 unspecified atom stereocenters. The number of amides is 2. The number of unbranched alkanes of at least 4 members (excludes halogenated alkanes) is 1. The smallest absolute Gasteiger partial charge is 0.255 e. The summed E-state index contributed by atoms with van der Waals surface area (Å²) in [5.74, 6) is 1.21. The summed E-state index contributed by atoms with van der Waals surface area (Å²) < 4.78 is 7.51. The van der Waals surface area contributed by atoms with Gasteiger partial charge in [-0.05, 0) is 61.7 Å². The number of ether oxygens (including phenoxy) is 1. The van der Waals surface area contributed by atoms with Gasteiger partial charge in [0.05, 0.1) is 22.6 Å². The van der Waals surface area contributed by atoms with Crippen LogP contribution >= 0.6 is 23.1 Å². The number of rotatable bonds is 9. The third-order valence-electron chi connectivity index (χ3n) is 5.29. The van der Waals surface area contributed by atoms with Crippen LogP contribution in [0, 0.1) is 0 Å². The Balaban J connectivity index is 1.35. The first-order valence-electron chi connectivity index (χ1n) is 11.0. The maximum Gasteiger partial charge on any atom is 0.255 e. The molecule has 1 fully saturated rings. The van der Waals surface area contributed by atoms with E-state index in [1.165, 1.54) is 11.8 Å². The van der Waals surface area contributed by atoms with Gasteiger partial charge in [-0.1, -0.05) is 25.1 Å². The van der Waals surface area contributed by atoms with Gasteiger partial charge in [0.25, 0.3) is 5.91 Å². The molecule has 2 amide bonds. The molecule has 1 saturated heterocycles. The van der Waals surface area contributed by atoms with Crippen LogP contribution in [0.2, 0.25) is 0 Å². The second-order valence-electron chi connectivity index (χ2n) is 7.72. The average molecular weight is 470 g/mol. The monoisotopic (exact) mass is 469 g/mol. The molecule has 0 bridgehead atoms. The summed E-state index contributed by atoms with van der Waals surface area (Å²) in [5.41, 5.74) is 2.17. The molecule has 0 saturated carbocycles. The van der Waals surface area contributed by atoms with E-state index in [-0.39, 0.29) is 11.8 Å². The van der Waals surface area contributed by atoms with Gasteiger partial charge in [0.1, 0.15) is 5.75 Å². The van der Waals surface area contributed by atoms with Crippen molar-refractivity contribution in [2.24, 2.45) is 0 Å². The molecule has 4 rings (SSSR count). The fourth-order valence-corrected chi connectivity index (χ4v) is 5.47. The van der Waals surface area contributed by atoms with E-state index in [0.717, 1.165) is 64.8 Å². The summed E-state index contributed by atoms with van der Waals surface area (Å²) in [6, 6.07) is 12.9. The Hall–Kier alpha value is -2.58. The van der Waals surface area contributed by atoms with E-state index in [9.17, 15) is 9.59 Å². The van der Waals surface area contributed by atoms with E-state index < -0.39 is 0 Å². The van der Waals surface area contributed by atoms with Crippen LogP contribution < -0.4 is 10.1 Å². The first-order chi connectivity index (χ1) is 15.6. The Morgan fingerprint density at radius 3 is 2.69 bits per heavy atom. The molecule has 32 heavy (non-hydrogen) atoms. The summed E-state index contributed by atoms with van der Waals surface area (Å²) in [7, 11) is 0. The molecule has 1 aliphatic heterocycles. The summed E-state index contributed by atoms with van der Waals surface area (Å²) in [5, 5.41) is 2.95. The standard InChI is InChI=1S/C24H27N3O3S2/c1-2-3-14-30-19-9-6-17(7-10-19)23(29)25-18-8-11-20-21(15-18)32-24(26-20)31-16-22(28)27-12-4-5-13-27/h6-11,15H,2-5,12-14,16H2,1H3,(H,25,29). The zero-order chi connectivity index (χ0) is 22.3. The second kappa shape index (κ2) is 10.8. The van der Waals surface area contributed by atoms with Gasteiger partial charge in [-0.15, -0.1) is 11.3 Å². The van der Waals surface area contributed by atoms with Gasteiger partial charge in [-0.3, -0.25) is 9.59 Å². The molecule has 8 heteroatoms. The average Bonchev–Trinajstić information content (AvgIpc) is 3.48. The highest BCUT2D eigenvalue weighted by atomic mass is 32.2.